The van der Waals surface area contributed by atoms with Gasteiger partial charge in [0.25, 0.3) is 0 Å². The number of fused-ring (bicyclic) bond motifs is 5. The lowest BCUT2D eigenvalue weighted by Crippen LogP contribution is -2.38. The van der Waals surface area contributed by atoms with E-state index in [1.165, 1.54) is 16.7 Å². The second-order valence-electron chi connectivity index (χ2n) is 5.46. The highest BCUT2D eigenvalue weighted by molar-refractivity contribution is 5.94. The van der Waals surface area contributed by atoms with Gasteiger partial charge in [0.15, 0.2) is 0 Å². The largest absolute Gasteiger partial charge is 0.325 e. The molecule has 1 N–H and O–H groups in total. The highest BCUT2D eigenvalue weighted by Gasteiger charge is 2.33. The maximum Gasteiger partial charge on any atom is 0.238 e. The molecule has 0 saturated carbocycles. The molecule has 0 saturated heterocycles. The van der Waals surface area contributed by atoms with Crippen LogP contribution in [-0.2, 0) is 11.2 Å². The van der Waals surface area contributed by atoms with Crippen LogP contribution in [0.4, 0.5) is 5.69 Å². The molecule has 2 aliphatic heterocycles. The first-order chi connectivity index (χ1) is 9.83. The quantitative estimate of drug-likeness (QED) is 0.793. The average Bonchev–Trinajstić information content (AvgIpc) is 2.62. The van der Waals surface area contributed by atoms with Crippen molar-refractivity contribution in [1.29, 1.82) is 0 Å². The van der Waals surface area contributed by atoms with E-state index in [4.69, 9.17) is 0 Å². The van der Waals surface area contributed by atoms with Gasteiger partial charge < -0.3 is 5.32 Å². The molecule has 1 atom stereocenters. The zero-order valence-corrected chi connectivity index (χ0v) is 11.2. The van der Waals surface area contributed by atoms with Gasteiger partial charge in [-0.05, 0) is 29.2 Å². The van der Waals surface area contributed by atoms with Crippen LogP contribution < -0.4 is 5.32 Å². The molecule has 0 bridgehead atoms. The van der Waals surface area contributed by atoms with Crippen molar-refractivity contribution in [2.24, 2.45) is 0 Å². The van der Waals surface area contributed by atoms with Crippen molar-refractivity contribution in [2.75, 3.05) is 18.4 Å². The van der Waals surface area contributed by atoms with Crippen LogP contribution in [0.15, 0.2) is 48.5 Å². The molecule has 3 nitrogen and oxygen atoms in total. The molecule has 1 amide bonds. The van der Waals surface area contributed by atoms with Crippen LogP contribution in [0.2, 0.25) is 0 Å². The van der Waals surface area contributed by atoms with E-state index in [2.05, 4.69) is 40.5 Å². The molecule has 0 radical (unpaired) electrons. The predicted molar refractivity (Wildman–Crippen MR) is 78.6 cm³/mol. The fourth-order valence-corrected chi connectivity index (χ4v) is 3.38. The number of para-hydroxylation sites is 1. The molecule has 2 aliphatic rings. The Bertz CT molecular complexity index is 680. The summed E-state index contributed by atoms with van der Waals surface area (Å²) < 4.78 is 0. The van der Waals surface area contributed by atoms with Gasteiger partial charge in [0.1, 0.15) is 0 Å². The third-order valence-electron chi connectivity index (χ3n) is 4.26. The number of carbonyl (C=O) groups is 1. The summed E-state index contributed by atoms with van der Waals surface area (Å²) in [6.07, 6.45) is 1.02. The number of carbonyl (C=O) groups excluding carboxylic acids is 1. The summed E-state index contributed by atoms with van der Waals surface area (Å²) >= 11 is 0. The van der Waals surface area contributed by atoms with Crippen LogP contribution in [0, 0.1) is 0 Å². The Morgan fingerprint density at radius 2 is 1.75 bits per heavy atom. The number of nitrogens with zero attached hydrogens (tertiary/aromatic N) is 1. The van der Waals surface area contributed by atoms with Crippen molar-refractivity contribution in [2.45, 2.75) is 12.5 Å². The number of amides is 1. The fraction of sp³-hybridized carbons (Fsp3) is 0.235. The molecular formula is C17H16N2O. The summed E-state index contributed by atoms with van der Waals surface area (Å²) in [4.78, 5) is 14.3. The van der Waals surface area contributed by atoms with Gasteiger partial charge >= 0.3 is 0 Å². The Labute approximate surface area is 118 Å². The minimum Gasteiger partial charge on any atom is -0.325 e. The minimum absolute atomic E-state index is 0.0827. The minimum atomic E-state index is 0.0827. The Morgan fingerprint density at radius 3 is 2.65 bits per heavy atom. The first-order valence-corrected chi connectivity index (χ1v) is 7.03. The summed E-state index contributed by atoms with van der Waals surface area (Å²) in [7, 11) is 0. The molecule has 2 aromatic rings. The monoisotopic (exact) mass is 264 g/mol. The van der Waals surface area contributed by atoms with E-state index in [9.17, 15) is 4.79 Å². The maximum absolute atomic E-state index is 12.1. The number of rotatable bonds is 0. The molecule has 100 valence electrons. The standard InChI is InChI=1S/C17H16N2O/c20-16-11-19-10-9-12-5-1-2-6-13(12)17(19)14-7-3-4-8-15(14)18-16/h1-8,17H,9-11H2,(H,18,20)/t17-/m0/s1. The van der Waals surface area contributed by atoms with E-state index in [0.29, 0.717) is 6.54 Å². The Kier molecular flexibility index (Phi) is 2.60. The highest BCUT2D eigenvalue weighted by Crippen LogP contribution is 2.39. The van der Waals surface area contributed by atoms with E-state index in [0.717, 1.165) is 18.7 Å². The van der Waals surface area contributed by atoms with Gasteiger partial charge in [-0.1, -0.05) is 42.5 Å². The average molecular weight is 264 g/mol. The van der Waals surface area contributed by atoms with E-state index in [1.807, 2.05) is 18.2 Å². The highest BCUT2D eigenvalue weighted by atomic mass is 16.2. The van der Waals surface area contributed by atoms with Crippen molar-refractivity contribution < 1.29 is 4.79 Å². The molecule has 2 heterocycles. The Hall–Kier alpha value is -2.13. The topological polar surface area (TPSA) is 32.3 Å². The van der Waals surface area contributed by atoms with Gasteiger partial charge in [-0.2, -0.15) is 0 Å². The zero-order valence-electron chi connectivity index (χ0n) is 11.2. The summed E-state index contributed by atoms with van der Waals surface area (Å²) in [6.45, 7) is 1.40. The summed E-state index contributed by atoms with van der Waals surface area (Å²) in [5, 5.41) is 3.03. The smallest absolute Gasteiger partial charge is 0.238 e. The first kappa shape index (κ1) is 11.7. The summed E-state index contributed by atoms with van der Waals surface area (Å²) in [5.74, 6) is 0.0827. The lowest BCUT2D eigenvalue weighted by Gasteiger charge is -2.35. The van der Waals surface area contributed by atoms with Gasteiger partial charge in [0.05, 0.1) is 12.6 Å². The van der Waals surface area contributed by atoms with Crippen molar-refractivity contribution in [3.63, 3.8) is 0 Å². The molecule has 0 unspecified atom stereocenters. The maximum atomic E-state index is 12.1. The third-order valence-corrected chi connectivity index (χ3v) is 4.26. The fourth-order valence-electron chi connectivity index (χ4n) is 3.38. The van der Waals surface area contributed by atoms with E-state index < -0.39 is 0 Å². The number of hydrogen-bond acceptors (Lipinski definition) is 2. The van der Waals surface area contributed by atoms with Crippen LogP contribution in [0.3, 0.4) is 0 Å². The first-order valence-electron chi connectivity index (χ1n) is 7.03. The second-order valence-corrected chi connectivity index (χ2v) is 5.46. The van der Waals surface area contributed by atoms with Crippen LogP contribution in [0.5, 0.6) is 0 Å². The molecule has 0 fully saturated rings. The van der Waals surface area contributed by atoms with Gasteiger partial charge in [0.2, 0.25) is 5.91 Å². The number of benzene rings is 2. The van der Waals surface area contributed by atoms with Crippen molar-refractivity contribution in [3.8, 4) is 0 Å². The molecule has 0 aromatic heterocycles. The van der Waals surface area contributed by atoms with E-state index in [1.54, 1.807) is 0 Å². The SMILES string of the molecule is O=C1CN2CCc3ccccc3[C@H]2c2ccccc2N1. The van der Waals surface area contributed by atoms with Crippen molar-refractivity contribution in [1.82, 2.24) is 4.90 Å². The van der Waals surface area contributed by atoms with E-state index in [-0.39, 0.29) is 11.9 Å². The zero-order chi connectivity index (χ0) is 13.5. The number of hydrogen-bond donors (Lipinski definition) is 1. The molecule has 20 heavy (non-hydrogen) atoms. The number of nitrogens with one attached hydrogen (secondary N) is 1. The van der Waals surface area contributed by atoms with Crippen LogP contribution in [-0.4, -0.2) is 23.9 Å². The van der Waals surface area contributed by atoms with Crippen molar-refractivity contribution in [3.05, 3.63) is 65.2 Å². The molecule has 3 heteroatoms. The lowest BCUT2D eigenvalue weighted by molar-refractivity contribution is -0.117. The predicted octanol–water partition coefficient (Wildman–Crippen LogP) is 2.59. The lowest BCUT2D eigenvalue weighted by atomic mass is 9.88. The van der Waals surface area contributed by atoms with Gasteiger partial charge in [-0.15, -0.1) is 0 Å². The van der Waals surface area contributed by atoms with Crippen molar-refractivity contribution >= 4 is 11.6 Å². The van der Waals surface area contributed by atoms with E-state index >= 15 is 0 Å². The molecular weight excluding hydrogens is 248 g/mol. The van der Waals surface area contributed by atoms with Crippen LogP contribution in [0.25, 0.3) is 0 Å². The van der Waals surface area contributed by atoms with Gasteiger partial charge in [-0.25, -0.2) is 0 Å². The molecule has 2 aromatic carbocycles. The summed E-state index contributed by atoms with van der Waals surface area (Å²) in [6, 6.07) is 16.9. The Morgan fingerprint density at radius 1 is 1.00 bits per heavy atom. The van der Waals surface area contributed by atoms with Gasteiger partial charge in [0, 0.05) is 12.2 Å². The third kappa shape index (κ3) is 1.74. The summed E-state index contributed by atoms with van der Waals surface area (Å²) in [5.41, 5.74) is 4.88. The Balaban J connectivity index is 1.93. The molecule has 0 spiro atoms. The molecule has 0 aliphatic carbocycles. The normalized spacial score (nSPS) is 21.2. The molecule has 4 rings (SSSR count). The second kappa shape index (κ2) is 4.46. The van der Waals surface area contributed by atoms with Crippen LogP contribution in [0.1, 0.15) is 22.7 Å². The number of anilines is 1. The van der Waals surface area contributed by atoms with Gasteiger partial charge in [-0.3, -0.25) is 9.69 Å². The van der Waals surface area contributed by atoms with Crippen LogP contribution >= 0.6 is 0 Å².